The van der Waals surface area contributed by atoms with E-state index in [9.17, 15) is 9.59 Å². The van der Waals surface area contributed by atoms with Crippen LogP contribution in [0, 0.1) is 12.8 Å². The second-order valence-electron chi connectivity index (χ2n) is 5.74. The van der Waals surface area contributed by atoms with Gasteiger partial charge in [-0.3, -0.25) is 4.79 Å². The smallest absolute Gasteiger partial charge is 0.349 e. The van der Waals surface area contributed by atoms with Crippen molar-refractivity contribution >= 4 is 32.8 Å². The number of hydrogen-bond acceptors (Lipinski definition) is 4. The summed E-state index contributed by atoms with van der Waals surface area (Å²) in [4.78, 5) is 24.4. The lowest BCUT2D eigenvalue weighted by Gasteiger charge is -2.12. The van der Waals surface area contributed by atoms with Crippen molar-refractivity contribution in [2.24, 2.45) is 11.7 Å². The molecule has 0 aliphatic heterocycles. The highest BCUT2D eigenvalue weighted by Crippen LogP contribution is 2.31. The van der Waals surface area contributed by atoms with Crippen LogP contribution in [0.4, 0.5) is 0 Å². The maximum atomic E-state index is 12.3. The van der Waals surface area contributed by atoms with Gasteiger partial charge in [-0.15, -0.1) is 0 Å². The topological polar surface area (TPSA) is 85.3 Å². The van der Waals surface area contributed by atoms with Crippen LogP contribution in [0.2, 0.25) is 0 Å². The zero-order valence-corrected chi connectivity index (χ0v) is 13.8. The van der Waals surface area contributed by atoms with Gasteiger partial charge in [0.05, 0.1) is 0 Å². The maximum absolute atomic E-state index is 12.3. The predicted octanol–water partition coefficient (Wildman–Crippen LogP) is 2.33. The molecule has 1 saturated carbocycles. The number of aryl methyl sites for hydroxylation is 1. The van der Waals surface area contributed by atoms with E-state index in [0.29, 0.717) is 23.6 Å². The summed E-state index contributed by atoms with van der Waals surface area (Å²) in [6.45, 7) is 2.13. The third-order valence-corrected chi connectivity index (χ3v) is 4.57. The van der Waals surface area contributed by atoms with E-state index in [1.807, 2.05) is 6.07 Å². The van der Waals surface area contributed by atoms with Gasteiger partial charge in [-0.25, -0.2) is 4.79 Å². The number of benzene rings is 1. The summed E-state index contributed by atoms with van der Waals surface area (Å²) in [5.41, 5.74) is 6.48. The Hall–Kier alpha value is -1.66. The maximum Gasteiger partial charge on any atom is 0.349 e. The van der Waals surface area contributed by atoms with Crippen molar-refractivity contribution in [3.05, 3.63) is 44.2 Å². The summed E-state index contributed by atoms with van der Waals surface area (Å²) >= 11 is 3.38. The van der Waals surface area contributed by atoms with Crippen LogP contribution in [0.1, 0.15) is 28.8 Å². The molecule has 2 aromatic rings. The minimum atomic E-state index is -0.621. The van der Waals surface area contributed by atoms with Gasteiger partial charge in [0.25, 0.3) is 5.91 Å². The van der Waals surface area contributed by atoms with Crippen LogP contribution in [0.25, 0.3) is 11.0 Å². The van der Waals surface area contributed by atoms with Gasteiger partial charge < -0.3 is 15.5 Å². The van der Waals surface area contributed by atoms with Crippen LogP contribution in [-0.4, -0.2) is 18.5 Å². The lowest BCUT2D eigenvalue weighted by molar-refractivity contribution is 0.0946. The van der Waals surface area contributed by atoms with Crippen molar-refractivity contribution in [3.8, 4) is 0 Å². The fourth-order valence-corrected chi connectivity index (χ4v) is 2.94. The Labute approximate surface area is 136 Å². The molecule has 1 aliphatic carbocycles. The molecule has 22 heavy (non-hydrogen) atoms. The van der Waals surface area contributed by atoms with Crippen molar-refractivity contribution in [3.63, 3.8) is 0 Å². The number of fused-ring (bicyclic) bond motifs is 1. The molecule has 1 atom stereocenters. The molecule has 1 fully saturated rings. The number of nitrogens with one attached hydrogen (secondary N) is 1. The lowest BCUT2D eigenvalue weighted by atomic mass is 10.1. The highest BCUT2D eigenvalue weighted by atomic mass is 79.9. The number of nitrogens with two attached hydrogens (primary N) is 1. The molecule has 1 aromatic carbocycles. The van der Waals surface area contributed by atoms with E-state index in [1.54, 1.807) is 19.1 Å². The highest BCUT2D eigenvalue weighted by Gasteiger charge is 2.29. The van der Waals surface area contributed by atoms with Gasteiger partial charge in [0.2, 0.25) is 0 Å². The first kappa shape index (κ1) is 15.2. The molecule has 0 spiro atoms. The summed E-state index contributed by atoms with van der Waals surface area (Å²) in [6, 6.07) is 5.28. The average molecular weight is 365 g/mol. The molecule has 116 valence electrons. The zero-order valence-electron chi connectivity index (χ0n) is 12.2. The standard InChI is InChI=1S/C16H17BrN2O3/c1-8-11-6-10(17)4-5-13(11)22-16(21)14(8)15(20)19-7-12(18)9-2-3-9/h4-6,9,12H,2-3,7,18H2,1H3,(H,19,20). The minimum Gasteiger partial charge on any atom is -0.422 e. The van der Waals surface area contributed by atoms with Crippen LogP contribution < -0.4 is 16.7 Å². The van der Waals surface area contributed by atoms with E-state index < -0.39 is 11.5 Å². The SMILES string of the molecule is Cc1c(C(=O)NCC(N)C2CC2)c(=O)oc2ccc(Br)cc12. The van der Waals surface area contributed by atoms with Crippen LogP contribution in [-0.2, 0) is 0 Å². The first-order valence-corrected chi connectivity index (χ1v) is 8.03. The fraction of sp³-hybridized carbons (Fsp3) is 0.375. The van der Waals surface area contributed by atoms with Gasteiger partial charge >= 0.3 is 5.63 Å². The molecule has 1 unspecified atom stereocenters. The number of carbonyl (C=O) groups excluding carboxylic acids is 1. The van der Waals surface area contributed by atoms with E-state index in [4.69, 9.17) is 10.2 Å². The molecule has 3 rings (SSSR count). The number of amides is 1. The van der Waals surface area contributed by atoms with Crippen LogP contribution >= 0.6 is 15.9 Å². The molecule has 5 nitrogen and oxygen atoms in total. The third-order valence-electron chi connectivity index (χ3n) is 4.08. The second kappa shape index (κ2) is 5.85. The highest BCUT2D eigenvalue weighted by molar-refractivity contribution is 9.10. The Bertz CT molecular complexity index is 796. The van der Waals surface area contributed by atoms with Crippen molar-refractivity contribution < 1.29 is 9.21 Å². The van der Waals surface area contributed by atoms with Gasteiger partial charge in [-0.1, -0.05) is 15.9 Å². The number of hydrogen-bond donors (Lipinski definition) is 2. The summed E-state index contributed by atoms with van der Waals surface area (Å²) in [5.74, 6) is 0.0644. The number of halogens is 1. The summed E-state index contributed by atoms with van der Waals surface area (Å²) < 4.78 is 6.11. The molecule has 3 N–H and O–H groups in total. The quantitative estimate of drug-likeness (QED) is 0.815. The number of carbonyl (C=O) groups is 1. The van der Waals surface area contributed by atoms with E-state index in [1.165, 1.54) is 0 Å². The third kappa shape index (κ3) is 2.94. The van der Waals surface area contributed by atoms with E-state index >= 15 is 0 Å². The van der Waals surface area contributed by atoms with Crippen LogP contribution in [0.15, 0.2) is 31.9 Å². The Morgan fingerprint density at radius 1 is 1.50 bits per heavy atom. The first-order valence-electron chi connectivity index (χ1n) is 7.24. The molecule has 0 radical (unpaired) electrons. The minimum absolute atomic E-state index is 0.0496. The largest absolute Gasteiger partial charge is 0.422 e. The molecular formula is C16H17BrN2O3. The molecule has 1 amide bonds. The molecule has 0 saturated heterocycles. The number of rotatable bonds is 4. The van der Waals surface area contributed by atoms with Gasteiger partial charge in [-0.05, 0) is 49.4 Å². The Morgan fingerprint density at radius 2 is 2.23 bits per heavy atom. The molecule has 0 bridgehead atoms. The molecule has 6 heteroatoms. The van der Waals surface area contributed by atoms with Gasteiger partial charge in [0.15, 0.2) is 0 Å². The summed E-state index contributed by atoms with van der Waals surface area (Å²) in [5, 5.41) is 3.49. The summed E-state index contributed by atoms with van der Waals surface area (Å²) in [7, 11) is 0. The van der Waals surface area contributed by atoms with Crippen molar-refractivity contribution in [2.75, 3.05) is 6.54 Å². The fourth-order valence-electron chi connectivity index (χ4n) is 2.58. The van der Waals surface area contributed by atoms with E-state index in [-0.39, 0.29) is 11.6 Å². The first-order chi connectivity index (χ1) is 10.5. The van der Waals surface area contributed by atoms with Crippen LogP contribution in [0.5, 0.6) is 0 Å². The normalized spacial score (nSPS) is 15.8. The second-order valence-corrected chi connectivity index (χ2v) is 6.66. The van der Waals surface area contributed by atoms with Gasteiger partial charge in [0, 0.05) is 22.4 Å². The Kier molecular flexibility index (Phi) is 4.06. The monoisotopic (exact) mass is 364 g/mol. The molecule has 1 aromatic heterocycles. The predicted molar refractivity (Wildman–Crippen MR) is 88.0 cm³/mol. The lowest BCUT2D eigenvalue weighted by Crippen LogP contribution is -2.40. The van der Waals surface area contributed by atoms with E-state index in [2.05, 4.69) is 21.2 Å². The zero-order chi connectivity index (χ0) is 15.9. The average Bonchev–Trinajstić information content (AvgIpc) is 3.30. The summed E-state index contributed by atoms with van der Waals surface area (Å²) in [6.07, 6.45) is 2.23. The molecular weight excluding hydrogens is 348 g/mol. The van der Waals surface area contributed by atoms with E-state index in [0.717, 1.165) is 22.7 Å². The van der Waals surface area contributed by atoms with Crippen LogP contribution in [0.3, 0.4) is 0 Å². The Morgan fingerprint density at radius 3 is 2.91 bits per heavy atom. The molecule has 1 aliphatic rings. The van der Waals surface area contributed by atoms with Gasteiger partial charge in [0.1, 0.15) is 11.1 Å². The Balaban J connectivity index is 1.91. The van der Waals surface area contributed by atoms with Crippen molar-refractivity contribution in [2.45, 2.75) is 25.8 Å². The molecule has 1 heterocycles. The van der Waals surface area contributed by atoms with Crippen molar-refractivity contribution in [1.82, 2.24) is 5.32 Å². The van der Waals surface area contributed by atoms with Gasteiger partial charge in [-0.2, -0.15) is 0 Å². The van der Waals surface area contributed by atoms with Crippen molar-refractivity contribution in [1.29, 1.82) is 0 Å².